The number of nitrogens with zero attached hydrogens (tertiary/aromatic N) is 3. The molecule has 1 atom stereocenters. The molecule has 2 rings (SSSR count). The van der Waals surface area contributed by atoms with Crippen molar-refractivity contribution in [1.82, 2.24) is 20.1 Å². The van der Waals surface area contributed by atoms with E-state index in [-0.39, 0.29) is 17.7 Å². The number of hydrogen-bond donors (Lipinski definition) is 2. The maximum atomic E-state index is 11.9. The molecule has 1 fully saturated rings. The minimum Gasteiger partial charge on any atom is -0.481 e. The van der Waals surface area contributed by atoms with Crippen LogP contribution in [0.2, 0.25) is 0 Å². The smallest absolute Gasteiger partial charge is 0.313 e. The lowest BCUT2D eigenvalue weighted by atomic mass is 10.1. The van der Waals surface area contributed by atoms with Crippen molar-refractivity contribution in [2.45, 2.75) is 37.4 Å². The third-order valence-corrected chi connectivity index (χ3v) is 3.87. The van der Waals surface area contributed by atoms with E-state index >= 15 is 0 Å². The summed E-state index contributed by atoms with van der Waals surface area (Å²) in [5.74, 6) is -0.325. The lowest BCUT2D eigenvalue weighted by Crippen LogP contribution is -2.38. The van der Waals surface area contributed by atoms with Gasteiger partial charge in [0.1, 0.15) is 11.9 Å². The Bertz CT molecular complexity index is 488. The highest BCUT2D eigenvalue weighted by atomic mass is 32.2. The minimum absolute atomic E-state index is 0.0436. The second kappa shape index (κ2) is 6.05. The molecule has 2 N–H and O–H groups in total. The summed E-state index contributed by atoms with van der Waals surface area (Å²) in [6.07, 6.45) is 2.29. The van der Waals surface area contributed by atoms with E-state index in [2.05, 4.69) is 15.5 Å². The first-order chi connectivity index (χ1) is 9.13. The number of nitrogens with one attached hydrogen (secondary N) is 1. The Hall–Kier alpha value is -1.57. The van der Waals surface area contributed by atoms with Gasteiger partial charge in [-0.25, -0.2) is 0 Å². The van der Waals surface area contributed by atoms with Crippen molar-refractivity contribution in [3.8, 4) is 0 Å². The topological polar surface area (TPSA) is 97.1 Å². The van der Waals surface area contributed by atoms with Crippen molar-refractivity contribution in [2.24, 2.45) is 0 Å². The average molecular weight is 284 g/mol. The number of aryl methyl sites for hydroxylation is 1. The predicted octanol–water partition coefficient (Wildman–Crippen LogP) is 0.468. The zero-order chi connectivity index (χ0) is 13.8. The molecule has 19 heavy (non-hydrogen) atoms. The third-order valence-electron chi connectivity index (χ3n) is 2.94. The summed E-state index contributed by atoms with van der Waals surface area (Å²) >= 11 is 1.10. The van der Waals surface area contributed by atoms with Crippen LogP contribution in [0.25, 0.3) is 0 Å². The second-order valence-corrected chi connectivity index (χ2v) is 5.20. The third kappa shape index (κ3) is 3.06. The van der Waals surface area contributed by atoms with Crippen LogP contribution in [0.5, 0.6) is 0 Å². The number of rotatable bonds is 5. The molecule has 0 bridgehead atoms. The molecule has 0 radical (unpaired) electrons. The van der Waals surface area contributed by atoms with E-state index in [1.807, 2.05) is 6.92 Å². The molecular formula is C11H16N4O3S. The number of carboxylic acid groups (broad SMARTS) is 1. The summed E-state index contributed by atoms with van der Waals surface area (Å²) in [5, 5.41) is 20.1. The molecule has 1 saturated heterocycles. The summed E-state index contributed by atoms with van der Waals surface area (Å²) in [6, 6.07) is -0.324. The van der Waals surface area contributed by atoms with E-state index in [4.69, 9.17) is 5.11 Å². The largest absolute Gasteiger partial charge is 0.481 e. The molecule has 0 spiro atoms. The molecule has 7 nitrogen and oxygen atoms in total. The molecule has 1 aromatic heterocycles. The number of carbonyl (C=O) groups excluding carboxylic acids is 1. The van der Waals surface area contributed by atoms with Gasteiger partial charge in [0.25, 0.3) is 0 Å². The maximum absolute atomic E-state index is 11.9. The summed E-state index contributed by atoms with van der Waals surface area (Å²) in [7, 11) is 0. The van der Waals surface area contributed by atoms with Gasteiger partial charge in [-0.1, -0.05) is 18.7 Å². The van der Waals surface area contributed by atoms with Crippen LogP contribution >= 0.6 is 11.8 Å². The lowest BCUT2D eigenvalue weighted by molar-refractivity contribution is -0.134. The first-order valence-electron chi connectivity index (χ1n) is 6.19. The number of hydrogen-bond acceptors (Lipinski definition) is 5. The van der Waals surface area contributed by atoms with Gasteiger partial charge < -0.3 is 10.4 Å². The van der Waals surface area contributed by atoms with Crippen LogP contribution in [0.15, 0.2) is 5.16 Å². The van der Waals surface area contributed by atoms with Crippen molar-refractivity contribution >= 4 is 23.6 Å². The molecular weight excluding hydrogens is 268 g/mol. The first kappa shape index (κ1) is 13.9. The van der Waals surface area contributed by atoms with E-state index in [1.165, 1.54) is 0 Å². The molecule has 0 saturated carbocycles. The van der Waals surface area contributed by atoms with Gasteiger partial charge in [-0.2, -0.15) is 0 Å². The van der Waals surface area contributed by atoms with Gasteiger partial charge >= 0.3 is 5.97 Å². The molecule has 1 aliphatic rings. The summed E-state index contributed by atoms with van der Waals surface area (Å²) in [5.41, 5.74) is 0. The van der Waals surface area contributed by atoms with Gasteiger partial charge in [-0.05, 0) is 12.8 Å². The minimum atomic E-state index is -0.911. The molecule has 8 heteroatoms. The molecule has 2 heterocycles. The zero-order valence-electron chi connectivity index (χ0n) is 10.6. The fourth-order valence-corrected chi connectivity index (χ4v) is 2.81. The molecule has 1 aliphatic heterocycles. The number of thioether (sulfide) groups is 1. The Kier molecular flexibility index (Phi) is 4.41. The molecule has 1 aromatic rings. The maximum Gasteiger partial charge on any atom is 0.313 e. The van der Waals surface area contributed by atoms with Crippen molar-refractivity contribution in [2.75, 3.05) is 12.3 Å². The summed E-state index contributed by atoms with van der Waals surface area (Å²) in [6.45, 7) is 2.63. The number of amides is 1. The van der Waals surface area contributed by atoms with Gasteiger partial charge in [0.15, 0.2) is 5.16 Å². The number of carbonyl (C=O) groups is 2. The van der Waals surface area contributed by atoms with E-state index in [0.29, 0.717) is 18.1 Å². The first-order valence-corrected chi connectivity index (χ1v) is 7.18. The van der Waals surface area contributed by atoms with Gasteiger partial charge in [0, 0.05) is 13.0 Å². The number of aliphatic carboxylic acids is 1. The van der Waals surface area contributed by atoms with Gasteiger partial charge in [-0.15, -0.1) is 10.2 Å². The summed E-state index contributed by atoms with van der Waals surface area (Å²) in [4.78, 5) is 22.6. The van der Waals surface area contributed by atoms with Crippen LogP contribution in [-0.4, -0.2) is 44.0 Å². The fourth-order valence-electron chi connectivity index (χ4n) is 2.09. The Labute approximate surface area is 114 Å². The quantitative estimate of drug-likeness (QED) is 0.763. The molecule has 0 aromatic carbocycles. The predicted molar refractivity (Wildman–Crippen MR) is 69.0 cm³/mol. The van der Waals surface area contributed by atoms with Crippen molar-refractivity contribution < 1.29 is 14.7 Å². The average Bonchev–Trinajstić information content (AvgIpc) is 2.79. The second-order valence-electron chi connectivity index (χ2n) is 4.25. The van der Waals surface area contributed by atoms with Crippen LogP contribution in [-0.2, 0) is 16.0 Å². The van der Waals surface area contributed by atoms with Gasteiger partial charge in [-0.3, -0.25) is 14.2 Å². The zero-order valence-corrected chi connectivity index (χ0v) is 11.4. The normalized spacial score (nSPS) is 19.2. The molecule has 0 aliphatic carbocycles. The Morgan fingerprint density at radius 3 is 3.00 bits per heavy atom. The highest BCUT2D eigenvalue weighted by molar-refractivity contribution is 7.99. The monoisotopic (exact) mass is 284 g/mol. The van der Waals surface area contributed by atoms with Gasteiger partial charge in [0.2, 0.25) is 5.91 Å². The number of piperidine rings is 1. The highest BCUT2D eigenvalue weighted by Gasteiger charge is 2.28. The van der Waals surface area contributed by atoms with Crippen molar-refractivity contribution in [1.29, 1.82) is 0 Å². The fraction of sp³-hybridized carbons (Fsp3) is 0.636. The van der Waals surface area contributed by atoms with Crippen molar-refractivity contribution in [3.63, 3.8) is 0 Å². The lowest BCUT2D eigenvalue weighted by Gasteiger charge is -2.25. The Morgan fingerprint density at radius 1 is 1.58 bits per heavy atom. The van der Waals surface area contributed by atoms with Gasteiger partial charge in [0.05, 0.1) is 5.75 Å². The van der Waals surface area contributed by atoms with Crippen LogP contribution in [0, 0.1) is 0 Å². The van der Waals surface area contributed by atoms with E-state index in [1.54, 1.807) is 4.57 Å². The standard InChI is InChI=1S/C11H16N4O3S/c1-2-8-13-14-11(19-6-9(16)17)15(8)7-4-3-5-12-10(7)18/h7H,2-6H2,1H3,(H,12,18)(H,16,17). The highest BCUT2D eigenvalue weighted by Crippen LogP contribution is 2.26. The van der Waals surface area contributed by atoms with Crippen molar-refractivity contribution in [3.05, 3.63) is 5.82 Å². The number of aromatic nitrogens is 3. The van der Waals surface area contributed by atoms with E-state index < -0.39 is 5.97 Å². The van der Waals surface area contributed by atoms with Crippen LogP contribution in [0.1, 0.15) is 31.6 Å². The Balaban J connectivity index is 2.27. The van der Waals surface area contributed by atoms with E-state index in [0.717, 1.165) is 30.4 Å². The Morgan fingerprint density at radius 2 is 2.37 bits per heavy atom. The molecule has 104 valence electrons. The van der Waals surface area contributed by atoms with E-state index in [9.17, 15) is 9.59 Å². The summed E-state index contributed by atoms with van der Waals surface area (Å²) < 4.78 is 1.78. The number of carboxylic acids is 1. The van der Waals surface area contributed by atoms with Crippen LogP contribution in [0.3, 0.4) is 0 Å². The molecule has 1 amide bonds. The van der Waals surface area contributed by atoms with Crippen LogP contribution < -0.4 is 5.32 Å². The molecule has 1 unspecified atom stereocenters. The SMILES string of the molecule is CCc1nnc(SCC(=O)O)n1C1CCCNC1=O. The van der Waals surface area contributed by atoms with Crippen LogP contribution in [0.4, 0.5) is 0 Å².